The Hall–Kier alpha value is -6.30. The molecular weight excluding hydrogens is 655 g/mol. The van der Waals surface area contributed by atoms with Crippen LogP contribution in [0.3, 0.4) is 0 Å². The lowest BCUT2D eigenvalue weighted by Gasteiger charge is -2.19. The predicted molar refractivity (Wildman–Crippen MR) is 214 cm³/mol. The molecule has 0 N–H and O–H groups in total. The van der Waals surface area contributed by atoms with E-state index < -0.39 is 0 Å². The highest BCUT2D eigenvalue weighted by molar-refractivity contribution is 8.00. The van der Waals surface area contributed by atoms with Gasteiger partial charge in [0.15, 0.2) is 5.82 Å². The molecule has 2 aliphatic rings. The van der Waals surface area contributed by atoms with Crippen LogP contribution in [0.5, 0.6) is 0 Å². The first kappa shape index (κ1) is 29.4. The molecule has 0 bridgehead atoms. The number of hydrogen-bond acceptors (Lipinski definition) is 5. The Morgan fingerprint density at radius 1 is 0.558 bits per heavy atom. The molecule has 11 rings (SSSR count). The Bertz CT molecular complexity index is 2950. The summed E-state index contributed by atoms with van der Waals surface area (Å²) in [6.45, 7) is 0. The second-order valence-electron chi connectivity index (χ2n) is 13.4. The highest BCUT2D eigenvalue weighted by atomic mass is 32.2. The minimum absolute atomic E-state index is 0.210. The van der Waals surface area contributed by atoms with Crippen molar-refractivity contribution in [1.29, 1.82) is 0 Å². The first-order chi connectivity index (χ1) is 25.8. The maximum absolute atomic E-state index is 6.27. The van der Waals surface area contributed by atoms with Crippen molar-refractivity contribution in [2.24, 2.45) is 0 Å². The van der Waals surface area contributed by atoms with Crippen molar-refractivity contribution in [1.82, 2.24) is 15.0 Å². The molecule has 2 unspecified atom stereocenters. The van der Waals surface area contributed by atoms with Crippen LogP contribution in [0.1, 0.15) is 17.3 Å². The third kappa shape index (κ3) is 4.59. The van der Waals surface area contributed by atoms with Crippen molar-refractivity contribution in [2.45, 2.75) is 16.1 Å². The van der Waals surface area contributed by atoms with Crippen LogP contribution in [0.2, 0.25) is 0 Å². The third-order valence-electron chi connectivity index (χ3n) is 10.4. The van der Waals surface area contributed by atoms with Gasteiger partial charge in [0.25, 0.3) is 0 Å². The van der Waals surface area contributed by atoms with Crippen molar-refractivity contribution >= 4 is 60.9 Å². The average Bonchev–Trinajstić information content (AvgIpc) is 3.79. The fraction of sp³-hybridized carbons (Fsp3) is 0.0426. The molecular formula is C47H29N3OS. The molecule has 6 aromatic carbocycles. The molecule has 0 saturated carbocycles. The quantitative estimate of drug-likeness (QED) is 0.173. The van der Waals surface area contributed by atoms with E-state index in [0.29, 0.717) is 0 Å². The number of pyridine rings is 1. The van der Waals surface area contributed by atoms with Crippen LogP contribution >= 0.6 is 11.8 Å². The fourth-order valence-corrected chi connectivity index (χ4v) is 9.57. The van der Waals surface area contributed by atoms with Gasteiger partial charge in [0, 0.05) is 65.3 Å². The van der Waals surface area contributed by atoms with Gasteiger partial charge in [0.05, 0.1) is 22.6 Å². The van der Waals surface area contributed by atoms with Gasteiger partial charge >= 0.3 is 0 Å². The maximum atomic E-state index is 6.27. The first-order valence-corrected chi connectivity index (χ1v) is 18.5. The lowest BCUT2D eigenvalue weighted by atomic mass is 9.87. The van der Waals surface area contributed by atoms with Crippen molar-refractivity contribution in [3.63, 3.8) is 0 Å². The van der Waals surface area contributed by atoms with E-state index in [1.807, 2.05) is 42.1 Å². The van der Waals surface area contributed by atoms with Gasteiger partial charge in [-0.2, -0.15) is 0 Å². The molecule has 1 aliphatic carbocycles. The summed E-state index contributed by atoms with van der Waals surface area (Å²) in [5.41, 5.74) is 11.1. The zero-order valence-electron chi connectivity index (χ0n) is 27.9. The highest BCUT2D eigenvalue weighted by Crippen LogP contribution is 2.54. The number of rotatable bonds is 4. The van der Waals surface area contributed by atoms with Crippen LogP contribution < -0.4 is 0 Å². The van der Waals surface area contributed by atoms with Gasteiger partial charge in [0.1, 0.15) is 11.2 Å². The summed E-state index contributed by atoms with van der Waals surface area (Å²) in [6, 6.07) is 50.6. The summed E-state index contributed by atoms with van der Waals surface area (Å²) in [5, 5.41) is 6.03. The number of hydrogen-bond donors (Lipinski definition) is 0. The van der Waals surface area contributed by atoms with E-state index in [4.69, 9.17) is 19.4 Å². The van der Waals surface area contributed by atoms with Crippen molar-refractivity contribution in [2.75, 3.05) is 0 Å². The van der Waals surface area contributed by atoms with Gasteiger partial charge < -0.3 is 4.42 Å². The predicted octanol–water partition coefficient (Wildman–Crippen LogP) is 12.3. The minimum atomic E-state index is 0.210. The van der Waals surface area contributed by atoms with Crippen LogP contribution in [0.4, 0.5) is 0 Å². The Labute approximate surface area is 304 Å². The minimum Gasteiger partial charge on any atom is -0.456 e. The molecule has 0 spiro atoms. The van der Waals surface area contributed by atoms with E-state index in [1.165, 1.54) is 26.6 Å². The summed E-state index contributed by atoms with van der Waals surface area (Å²) >= 11 is 1.95. The molecule has 1 aliphatic heterocycles. The number of benzene rings is 6. The fourth-order valence-electron chi connectivity index (χ4n) is 8.02. The van der Waals surface area contributed by atoms with Gasteiger partial charge in [-0.15, -0.1) is 11.8 Å². The first-order valence-electron chi connectivity index (χ1n) is 17.6. The average molecular weight is 684 g/mol. The molecule has 9 aromatic rings. The maximum Gasteiger partial charge on any atom is 0.160 e. The molecule has 0 fully saturated rings. The number of allylic oxidation sites excluding steroid dienone is 3. The number of thioether (sulfide) groups is 1. The Kier molecular flexibility index (Phi) is 6.58. The van der Waals surface area contributed by atoms with Gasteiger partial charge in [0.2, 0.25) is 0 Å². The molecule has 4 nitrogen and oxygen atoms in total. The summed E-state index contributed by atoms with van der Waals surface area (Å²) in [4.78, 5) is 17.0. The van der Waals surface area contributed by atoms with E-state index in [2.05, 4.69) is 133 Å². The van der Waals surface area contributed by atoms with Crippen LogP contribution in [0.15, 0.2) is 173 Å². The third-order valence-corrected chi connectivity index (χ3v) is 11.8. The molecule has 0 saturated heterocycles. The lowest BCUT2D eigenvalue weighted by molar-refractivity contribution is 0.669. The van der Waals surface area contributed by atoms with Crippen molar-refractivity contribution in [3.8, 4) is 33.8 Å². The Balaban J connectivity index is 1.06. The second-order valence-corrected chi connectivity index (χ2v) is 14.6. The number of para-hydroxylation sites is 2. The number of fused-ring (bicyclic) bond motifs is 10. The summed E-state index contributed by atoms with van der Waals surface area (Å²) in [6.07, 6.45) is 6.96. The van der Waals surface area contributed by atoms with E-state index in [0.717, 1.165) is 72.6 Å². The van der Waals surface area contributed by atoms with E-state index >= 15 is 0 Å². The summed E-state index contributed by atoms with van der Waals surface area (Å²) in [7, 11) is 0. The smallest absolute Gasteiger partial charge is 0.160 e. The second kappa shape index (κ2) is 11.6. The van der Waals surface area contributed by atoms with Crippen LogP contribution in [-0.4, -0.2) is 20.2 Å². The normalized spacial score (nSPS) is 16.4. The molecule has 4 heterocycles. The number of aromatic nitrogens is 3. The standard InChI is InChI=1S/C47H29N3OS/c1-3-12-28(13-4-1)38-27-39(34-18-11-21-41-43(34)35-17-8-10-20-40(35)51-41)50-47(49-38)30-22-23-31-32-24-25-36-44(46(32)52-42(31)26-30)33-16-7-9-19-37(33)48-45(36)29-14-5-2-6-15-29/h1-27,31,42H. The highest BCUT2D eigenvalue weighted by Gasteiger charge is 2.35. The van der Waals surface area contributed by atoms with E-state index in [-0.39, 0.29) is 11.2 Å². The molecule has 3 aromatic heterocycles. The zero-order valence-corrected chi connectivity index (χ0v) is 28.7. The van der Waals surface area contributed by atoms with E-state index in [9.17, 15) is 0 Å². The molecule has 5 heteroatoms. The number of nitrogens with zero attached hydrogens (tertiary/aromatic N) is 3. The van der Waals surface area contributed by atoms with Crippen LogP contribution in [0.25, 0.3) is 83.0 Å². The number of furan rings is 1. The van der Waals surface area contributed by atoms with Gasteiger partial charge in [-0.25, -0.2) is 15.0 Å². The van der Waals surface area contributed by atoms with Crippen LogP contribution in [0, 0.1) is 0 Å². The zero-order chi connectivity index (χ0) is 34.2. The van der Waals surface area contributed by atoms with E-state index in [1.54, 1.807) is 0 Å². The van der Waals surface area contributed by atoms with Gasteiger partial charge in [-0.3, -0.25) is 0 Å². The summed E-state index contributed by atoms with van der Waals surface area (Å²) < 4.78 is 6.27. The molecule has 244 valence electrons. The Morgan fingerprint density at radius 2 is 1.29 bits per heavy atom. The van der Waals surface area contributed by atoms with Crippen molar-refractivity contribution < 1.29 is 4.42 Å². The monoisotopic (exact) mass is 683 g/mol. The van der Waals surface area contributed by atoms with Crippen LogP contribution in [-0.2, 0) is 0 Å². The lowest BCUT2D eigenvalue weighted by Crippen LogP contribution is -2.10. The molecule has 2 atom stereocenters. The van der Waals surface area contributed by atoms with Gasteiger partial charge in [-0.05, 0) is 29.8 Å². The Morgan fingerprint density at radius 3 is 2.15 bits per heavy atom. The summed E-state index contributed by atoms with van der Waals surface area (Å²) in [5.74, 6) is 0.973. The molecule has 52 heavy (non-hydrogen) atoms. The molecule has 0 radical (unpaired) electrons. The topological polar surface area (TPSA) is 51.8 Å². The largest absolute Gasteiger partial charge is 0.456 e. The van der Waals surface area contributed by atoms with Crippen molar-refractivity contribution in [3.05, 3.63) is 175 Å². The SMILES string of the molecule is C1=CC2c3ccc4c(-c5ccccc5)nc5ccccc5c4c3SC2C=C1c1nc(-c2ccccc2)cc(-c2cccc3oc4ccccc4c23)n1. The van der Waals surface area contributed by atoms with Gasteiger partial charge in [-0.1, -0.05) is 140 Å². The molecule has 0 amide bonds.